The number of nitrogens with one attached hydrogen (secondary N) is 3. The summed E-state index contributed by atoms with van der Waals surface area (Å²) in [4.78, 5) is 18.3. The van der Waals surface area contributed by atoms with Crippen LogP contribution >= 0.6 is 0 Å². The minimum absolute atomic E-state index is 0.0445. The van der Waals surface area contributed by atoms with E-state index in [0.29, 0.717) is 12.6 Å². The van der Waals surface area contributed by atoms with Gasteiger partial charge >= 0.3 is 6.03 Å². The molecule has 1 aliphatic rings. The lowest BCUT2D eigenvalue weighted by molar-refractivity contribution is 0.240. The number of hydrogen-bond acceptors (Lipinski definition) is 2. The van der Waals surface area contributed by atoms with E-state index in [1.54, 1.807) is 6.20 Å². The smallest absolute Gasteiger partial charge is 0.315 e. The van der Waals surface area contributed by atoms with Gasteiger partial charge in [-0.1, -0.05) is 0 Å². The molecular weight excluding hydrogens is 192 g/mol. The van der Waals surface area contributed by atoms with E-state index in [0.717, 1.165) is 31.5 Å². The van der Waals surface area contributed by atoms with E-state index < -0.39 is 0 Å². The predicted molar refractivity (Wildman–Crippen MR) is 56.5 cm³/mol. The zero-order valence-corrected chi connectivity index (χ0v) is 8.62. The number of amides is 2. The number of carbonyl (C=O) groups is 1. The standard InChI is InChI=1S/C10H16N4O/c15-10(14-8-3-4-8)13-5-1-2-9-11-6-7-12-9/h6-8H,1-5H2,(H,11,12)(H2,13,14,15). The summed E-state index contributed by atoms with van der Waals surface area (Å²) in [6, 6.07) is 0.381. The van der Waals surface area contributed by atoms with Crippen LogP contribution in [0.2, 0.25) is 0 Å². The molecule has 3 N–H and O–H groups in total. The predicted octanol–water partition coefficient (Wildman–Crippen LogP) is 0.804. The molecule has 5 heteroatoms. The van der Waals surface area contributed by atoms with Crippen molar-refractivity contribution < 1.29 is 4.79 Å². The fourth-order valence-electron chi connectivity index (χ4n) is 1.36. The second-order valence-corrected chi connectivity index (χ2v) is 3.81. The molecule has 0 atom stereocenters. The number of imidazole rings is 1. The molecule has 0 aliphatic heterocycles. The summed E-state index contributed by atoms with van der Waals surface area (Å²) in [6.45, 7) is 0.694. The number of aromatic amines is 1. The molecule has 0 saturated heterocycles. The maximum absolute atomic E-state index is 11.2. The fraction of sp³-hybridized carbons (Fsp3) is 0.600. The number of hydrogen-bond donors (Lipinski definition) is 3. The minimum atomic E-state index is -0.0445. The van der Waals surface area contributed by atoms with Crippen LogP contribution in [0.3, 0.4) is 0 Å². The lowest BCUT2D eigenvalue weighted by Crippen LogP contribution is -2.37. The Morgan fingerprint density at radius 2 is 2.47 bits per heavy atom. The van der Waals surface area contributed by atoms with E-state index in [-0.39, 0.29) is 6.03 Å². The van der Waals surface area contributed by atoms with Gasteiger partial charge in [0.2, 0.25) is 0 Å². The van der Waals surface area contributed by atoms with E-state index >= 15 is 0 Å². The van der Waals surface area contributed by atoms with Gasteiger partial charge in [-0.15, -0.1) is 0 Å². The summed E-state index contributed by atoms with van der Waals surface area (Å²) >= 11 is 0. The Bertz CT molecular complexity index is 305. The highest BCUT2D eigenvalue weighted by Crippen LogP contribution is 2.18. The lowest BCUT2D eigenvalue weighted by atomic mass is 10.3. The molecule has 0 aromatic carbocycles. The number of nitrogens with zero attached hydrogens (tertiary/aromatic N) is 1. The van der Waals surface area contributed by atoms with E-state index in [1.165, 1.54) is 0 Å². The highest BCUT2D eigenvalue weighted by Gasteiger charge is 2.22. The Morgan fingerprint density at radius 3 is 3.13 bits per heavy atom. The van der Waals surface area contributed by atoms with Gasteiger partial charge in [0.05, 0.1) is 0 Å². The minimum Gasteiger partial charge on any atom is -0.349 e. The van der Waals surface area contributed by atoms with Gasteiger partial charge < -0.3 is 15.6 Å². The first-order valence-electron chi connectivity index (χ1n) is 5.37. The molecule has 5 nitrogen and oxygen atoms in total. The van der Waals surface area contributed by atoms with Crippen molar-refractivity contribution >= 4 is 6.03 Å². The van der Waals surface area contributed by atoms with Crippen LogP contribution in [0.15, 0.2) is 12.4 Å². The summed E-state index contributed by atoms with van der Waals surface area (Å²) in [5, 5.41) is 5.70. The summed E-state index contributed by atoms with van der Waals surface area (Å²) in [6.07, 6.45) is 7.58. The number of urea groups is 1. The maximum Gasteiger partial charge on any atom is 0.315 e. The largest absolute Gasteiger partial charge is 0.349 e. The maximum atomic E-state index is 11.2. The number of rotatable bonds is 5. The Balaban J connectivity index is 1.52. The van der Waals surface area contributed by atoms with Gasteiger partial charge in [0.25, 0.3) is 0 Å². The molecule has 2 rings (SSSR count). The molecule has 2 amide bonds. The van der Waals surface area contributed by atoms with Crippen LogP contribution in [-0.4, -0.2) is 28.6 Å². The van der Waals surface area contributed by atoms with Crippen LogP contribution in [0, 0.1) is 0 Å². The lowest BCUT2D eigenvalue weighted by Gasteiger charge is -2.05. The number of H-pyrrole nitrogens is 1. The normalized spacial score (nSPS) is 14.9. The van der Waals surface area contributed by atoms with Crippen LogP contribution in [0.4, 0.5) is 4.79 Å². The molecule has 82 valence electrons. The average molecular weight is 208 g/mol. The van der Waals surface area contributed by atoms with Gasteiger partial charge in [0, 0.05) is 31.4 Å². The van der Waals surface area contributed by atoms with Crippen molar-refractivity contribution in [3.05, 3.63) is 18.2 Å². The van der Waals surface area contributed by atoms with Crippen LogP contribution in [0.25, 0.3) is 0 Å². The van der Waals surface area contributed by atoms with E-state index in [2.05, 4.69) is 20.6 Å². The highest BCUT2D eigenvalue weighted by molar-refractivity contribution is 5.74. The van der Waals surface area contributed by atoms with Crippen LogP contribution in [0.1, 0.15) is 25.1 Å². The Morgan fingerprint density at radius 1 is 1.60 bits per heavy atom. The SMILES string of the molecule is O=C(NCCCc1ncc[nH]1)NC1CC1. The van der Waals surface area contributed by atoms with E-state index in [9.17, 15) is 4.79 Å². The third-order valence-corrected chi connectivity index (χ3v) is 2.34. The first kappa shape index (κ1) is 10.0. The van der Waals surface area contributed by atoms with E-state index in [1.807, 2.05) is 6.20 Å². The van der Waals surface area contributed by atoms with Gasteiger partial charge in [-0.25, -0.2) is 9.78 Å². The molecule has 1 saturated carbocycles. The number of aryl methyl sites for hydroxylation is 1. The van der Waals surface area contributed by atoms with Crippen molar-refractivity contribution in [1.29, 1.82) is 0 Å². The second kappa shape index (κ2) is 4.82. The zero-order valence-electron chi connectivity index (χ0n) is 8.62. The molecule has 1 fully saturated rings. The van der Waals surface area contributed by atoms with Crippen molar-refractivity contribution in [2.45, 2.75) is 31.7 Å². The third kappa shape index (κ3) is 3.61. The highest BCUT2D eigenvalue weighted by atomic mass is 16.2. The number of aromatic nitrogens is 2. The van der Waals surface area contributed by atoms with Crippen molar-refractivity contribution in [1.82, 2.24) is 20.6 Å². The Kier molecular flexibility index (Phi) is 3.22. The van der Waals surface area contributed by atoms with Gasteiger partial charge in [0.15, 0.2) is 0 Å². The quantitative estimate of drug-likeness (QED) is 0.626. The number of carbonyl (C=O) groups excluding carboxylic acids is 1. The van der Waals surface area contributed by atoms with Gasteiger partial charge in [-0.05, 0) is 19.3 Å². The summed E-state index contributed by atoms with van der Waals surface area (Å²) in [7, 11) is 0. The van der Waals surface area contributed by atoms with Crippen LogP contribution in [-0.2, 0) is 6.42 Å². The molecule has 1 aromatic heterocycles. The van der Waals surface area contributed by atoms with E-state index in [4.69, 9.17) is 0 Å². The molecule has 0 spiro atoms. The van der Waals surface area contributed by atoms with Gasteiger partial charge in [-0.2, -0.15) is 0 Å². The Hall–Kier alpha value is -1.52. The Labute approximate surface area is 88.7 Å². The van der Waals surface area contributed by atoms with Gasteiger partial charge in [0.1, 0.15) is 5.82 Å². The van der Waals surface area contributed by atoms with Crippen molar-refractivity contribution in [3.63, 3.8) is 0 Å². The topological polar surface area (TPSA) is 69.8 Å². The summed E-state index contributed by atoms with van der Waals surface area (Å²) in [5.41, 5.74) is 0. The third-order valence-electron chi connectivity index (χ3n) is 2.34. The van der Waals surface area contributed by atoms with Gasteiger partial charge in [-0.3, -0.25) is 0 Å². The van der Waals surface area contributed by atoms with Crippen LogP contribution < -0.4 is 10.6 Å². The first-order valence-corrected chi connectivity index (χ1v) is 5.37. The average Bonchev–Trinajstić information content (AvgIpc) is 2.87. The molecule has 15 heavy (non-hydrogen) atoms. The molecule has 1 heterocycles. The fourth-order valence-corrected chi connectivity index (χ4v) is 1.36. The molecule has 0 radical (unpaired) electrons. The first-order chi connectivity index (χ1) is 7.34. The molecular formula is C10H16N4O. The van der Waals surface area contributed by atoms with Crippen LogP contribution in [0.5, 0.6) is 0 Å². The van der Waals surface area contributed by atoms with Crippen molar-refractivity contribution in [2.75, 3.05) is 6.54 Å². The zero-order chi connectivity index (χ0) is 10.5. The van der Waals surface area contributed by atoms with Crippen molar-refractivity contribution in [2.24, 2.45) is 0 Å². The molecule has 0 bridgehead atoms. The molecule has 1 aromatic rings. The summed E-state index contributed by atoms with van der Waals surface area (Å²) < 4.78 is 0. The van der Waals surface area contributed by atoms with Crippen molar-refractivity contribution in [3.8, 4) is 0 Å². The molecule has 1 aliphatic carbocycles. The second-order valence-electron chi connectivity index (χ2n) is 3.81. The molecule has 0 unspecified atom stereocenters. The monoisotopic (exact) mass is 208 g/mol. The summed E-state index contributed by atoms with van der Waals surface area (Å²) in [5.74, 6) is 0.972.